The maximum absolute atomic E-state index is 13.3. The van der Waals surface area contributed by atoms with Gasteiger partial charge >= 0.3 is 0 Å². The number of nitrogens with one attached hydrogen (secondary N) is 1. The fourth-order valence-electron chi connectivity index (χ4n) is 4.61. The second-order valence-corrected chi connectivity index (χ2v) is 7.93. The molecule has 0 radical (unpaired) electrons. The molecule has 1 aliphatic heterocycles. The maximum Gasteiger partial charge on any atom is 0.225 e. The molecule has 1 aliphatic carbocycles. The van der Waals surface area contributed by atoms with Gasteiger partial charge in [0.05, 0.1) is 14.2 Å². The van der Waals surface area contributed by atoms with Crippen molar-refractivity contribution < 1.29 is 19.1 Å². The Bertz CT molecular complexity index is 1010. The first-order valence-electron chi connectivity index (χ1n) is 10.4. The van der Waals surface area contributed by atoms with Gasteiger partial charge in [-0.3, -0.25) is 9.59 Å². The number of hydrogen-bond donors (Lipinski definition) is 1. The molecule has 30 heavy (non-hydrogen) atoms. The molecule has 0 saturated heterocycles. The van der Waals surface area contributed by atoms with Gasteiger partial charge in [0.2, 0.25) is 5.91 Å². The molecule has 2 aromatic carbocycles. The van der Waals surface area contributed by atoms with Crippen LogP contribution >= 0.6 is 0 Å². The summed E-state index contributed by atoms with van der Waals surface area (Å²) in [4.78, 5) is 25.8. The molecule has 2 aromatic rings. The van der Waals surface area contributed by atoms with Gasteiger partial charge in [0.15, 0.2) is 5.78 Å². The van der Waals surface area contributed by atoms with Crippen LogP contribution in [0.25, 0.3) is 0 Å². The molecule has 1 N–H and O–H groups in total. The molecule has 1 heterocycles. The maximum atomic E-state index is 13.3. The Morgan fingerprint density at radius 1 is 0.967 bits per heavy atom. The molecule has 0 fully saturated rings. The monoisotopic (exact) mass is 405 g/mol. The molecular formula is C25H27NO4. The number of carbonyl (C=O) groups is 2. The van der Waals surface area contributed by atoms with Crippen LogP contribution in [-0.4, -0.2) is 25.9 Å². The van der Waals surface area contributed by atoms with Gasteiger partial charge < -0.3 is 14.8 Å². The number of methoxy groups -OCH3 is 2. The summed E-state index contributed by atoms with van der Waals surface area (Å²) in [6, 6.07) is 13.9. The number of Topliss-reactive ketones (excluding diaryl/α,β-unsaturated/α-hetero) is 1. The van der Waals surface area contributed by atoms with E-state index in [2.05, 4.69) is 36.5 Å². The van der Waals surface area contributed by atoms with Crippen LogP contribution in [0.1, 0.15) is 54.7 Å². The van der Waals surface area contributed by atoms with E-state index in [1.165, 1.54) is 5.56 Å². The Kier molecular flexibility index (Phi) is 5.62. The third kappa shape index (κ3) is 3.72. The quantitative estimate of drug-likeness (QED) is 0.807. The zero-order valence-electron chi connectivity index (χ0n) is 17.7. The van der Waals surface area contributed by atoms with Gasteiger partial charge in [0.25, 0.3) is 0 Å². The third-order valence-corrected chi connectivity index (χ3v) is 6.20. The summed E-state index contributed by atoms with van der Waals surface area (Å²) < 4.78 is 10.9. The standard InChI is InChI=1S/C25H27NO4/c1-4-15-5-7-16(8-6-15)20-14-24(28)26-21-11-17(12-22(27)25(20)21)19-13-18(29-2)9-10-23(19)30-3/h5-10,13,17,20H,4,11-12,14H2,1-3H3,(H,26,28)/t17-,20+/m0/s1. The van der Waals surface area contributed by atoms with Crippen LogP contribution < -0.4 is 14.8 Å². The van der Waals surface area contributed by atoms with E-state index in [0.717, 1.165) is 40.3 Å². The predicted molar refractivity (Wildman–Crippen MR) is 115 cm³/mol. The molecule has 0 spiro atoms. The number of carbonyl (C=O) groups excluding carboxylic acids is 2. The fraction of sp³-hybridized carbons (Fsp3) is 0.360. The summed E-state index contributed by atoms with van der Waals surface area (Å²) in [5, 5.41) is 2.98. The van der Waals surface area contributed by atoms with E-state index < -0.39 is 0 Å². The number of rotatable bonds is 5. The molecule has 1 amide bonds. The SMILES string of the molecule is CCc1ccc([C@H]2CC(=O)NC3=C2C(=O)C[C@@H](c2cc(OC)ccc2OC)C3)cc1. The molecule has 0 unspecified atom stereocenters. The van der Waals surface area contributed by atoms with E-state index in [9.17, 15) is 9.59 Å². The third-order valence-electron chi connectivity index (χ3n) is 6.20. The molecule has 2 aliphatic rings. The topological polar surface area (TPSA) is 64.6 Å². The Hall–Kier alpha value is -3.08. The van der Waals surface area contributed by atoms with E-state index >= 15 is 0 Å². The highest BCUT2D eigenvalue weighted by atomic mass is 16.5. The number of ether oxygens (including phenoxy) is 2. The van der Waals surface area contributed by atoms with E-state index in [4.69, 9.17) is 9.47 Å². The van der Waals surface area contributed by atoms with Crippen molar-refractivity contribution in [3.8, 4) is 11.5 Å². The minimum atomic E-state index is -0.180. The number of amides is 1. The summed E-state index contributed by atoms with van der Waals surface area (Å²) >= 11 is 0. The first-order chi connectivity index (χ1) is 14.5. The van der Waals surface area contributed by atoms with Crippen LogP contribution in [0.3, 0.4) is 0 Å². The van der Waals surface area contributed by atoms with Crippen molar-refractivity contribution in [3.63, 3.8) is 0 Å². The van der Waals surface area contributed by atoms with Crippen LogP contribution in [0.15, 0.2) is 53.7 Å². The zero-order valence-corrected chi connectivity index (χ0v) is 17.7. The van der Waals surface area contributed by atoms with E-state index in [-0.39, 0.29) is 23.5 Å². The van der Waals surface area contributed by atoms with Gasteiger partial charge in [-0.25, -0.2) is 0 Å². The number of benzene rings is 2. The van der Waals surface area contributed by atoms with E-state index in [0.29, 0.717) is 19.3 Å². The summed E-state index contributed by atoms with van der Waals surface area (Å²) in [5.41, 5.74) is 4.72. The van der Waals surface area contributed by atoms with E-state index in [1.54, 1.807) is 14.2 Å². The van der Waals surface area contributed by atoms with Gasteiger partial charge in [0.1, 0.15) is 11.5 Å². The summed E-state index contributed by atoms with van der Waals surface area (Å²) in [6.07, 6.45) is 2.26. The van der Waals surface area contributed by atoms with Crippen molar-refractivity contribution in [1.82, 2.24) is 5.32 Å². The Morgan fingerprint density at radius 2 is 1.73 bits per heavy atom. The van der Waals surface area contributed by atoms with Gasteiger partial charge in [-0.1, -0.05) is 31.2 Å². The van der Waals surface area contributed by atoms with Crippen LogP contribution in [-0.2, 0) is 16.0 Å². The van der Waals surface area contributed by atoms with Crippen molar-refractivity contribution in [2.24, 2.45) is 0 Å². The molecular weight excluding hydrogens is 378 g/mol. The minimum Gasteiger partial charge on any atom is -0.497 e. The largest absolute Gasteiger partial charge is 0.497 e. The molecule has 4 rings (SSSR count). The molecule has 156 valence electrons. The highest BCUT2D eigenvalue weighted by Crippen LogP contribution is 2.45. The van der Waals surface area contributed by atoms with Gasteiger partial charge in [-0.05, 0) is 42.2 Å². The number of hydrogen-bond acceptors (Lipinski definition) is 4. The highest BCUT2D eigenvalue weighted by molar-refractivity contribution is 6.02. The molecule has 2 atom stereocenters. The Balaban J connectivity index is 1.71. The normalized spacial score (nSPS) is 21.2. The minimum absolute atomic E-state index is 0.0376. The fourth-order valence-corrected chi connectivity index (χ4v) is 4.61. The number of aryl methyl sites for hydroxylation is 1. The lowest BCUT2D eigenvalue weighted by Gasteiger charge is -2.35. The second kappa shape index (κ2) is 8.34. The van der Waals surface area contributed by atoms with E-state index in [1.807, 2.05) is 18.2 Å². The molecule has 0 saturated carbocycles. The van der Waals surface area contributed by atoms with Gasteiger partial charge in [-0.2, -0.15) is 0 Å². The summed E-state index contributed by atoms with van der Waals surface area (Å²) in [5.74, 6) is 1.26. The summed E-state index contributed by atoms with van der Waals surface area (Å²) in [6.45, 7) is 2.11. The first-order valence-corrected chi connectivity index (χ1v) is 10.4. The zero-order chi connectivity index (χ0) is 21.3. The van der Waals surface area contributed by atoms with Crippen molar-refractivity contribution >= 4 is 11.7 Å². The number of allylic oxidation sites excluding steroid dienone is 2. The average Bonchev–Trinajstić information content (AvgIpc) is 2.77. The lowest BCUT2D eigenvalue weighted by atomic mass is 9.73. The van der Waals surface area contributed by atoms with Crippen molar-refractivity contribution in [2.75, 3.05) is 14.2 Å². The van der Waals surface area contributed by atoms with Gasteiger partial charge in [0, 0.05) is 41.5 Å². The van der Waals surface area contributed by atoms with Crippen molar-refractivity contribution in [3.05, 3.63) is 70.4 Å². The van der Waals surface area contributed by atoms with Crippen molar-refractivity contribution in [2.45, 2.75) is 44.4 Å². The molecule has 0 bridgehead atoms. The molecule has 0 aromatic heterocycles. The van der Waals surface area contributed by atoms with Crippen LogP contribution in [0.4, 0.5) is 0 Å². The van der Waals surface area contributed by atoms with Crippen LogP contribution in [0.5, 0.6) is 11.5 Å². The Morgan fingerprint density at radius 3 is 2.40 bits per heavy atom. The second-order valence-electron chi connectivity index (χ2n) is 7.93. The van der Waals surface area contributed by atoms with Crippen LogP contribution in [0, 0.1) is 0 Å². The van der Waals surface area contributed by atoms with Gasteiger partial charge in [-0.15, -0.1) is 0 Å². The van der Waals surface area contributed by atoms with Crippen LogP contribution in [0.2, 0.25) is 0 Å². The van der Waals surface area contributed by atoms with Crippen molar-refractivity contribution in [1.29, 1.82) is 0 Å². The molecule has 5 heteroatoms. The lowest BCUT2D eigenvalue weighted by Crippen LogP contribution is -2.38. The average molecular weight is 405 g/mol. The molecule has 5 nitrogen and oxygen atoms in total. The first kappa shape index (κ1) is 20.2. The lowest BCUT2D eigenvalue weighted by molar-refractivity contribution is -0.122. The summed E-state index contributed by atoms with van der Waals surface area (Å²) in [7, 11) is 3.24. The Labute approximate surface area is 177 Å². The predicted octanol–water partition coefficient (Wildman–Crippen LogP) is 4.27. The highest BCUT2D eigenvalue weighted by Gasteiger charge is 2.38. The number of ketones is 1. The smallest absolute Gasteiger partial charge is 0.225 e.